The molecule has 0 fully saturated rings. The van der Waals surface area contributed by atoms with E-state index in [0.29, 0.717) is 0 Å². The molecular weight excluding hydrogens is 295 g/mol. The molecule has 1 heterocycles. The van der Waals surface area contributed by atoms with Gasteiger partial charge in [0.05, 0.1) is 18.2 Å². The van der Waals surface area contributed by atoms with Crippen LogP contribution >= 0.6 is 27.5 Å². The number of hydrogen-bond acceptors (Lipinski definition) is 3. The molecule has 0 aromatic carbocycles. The second kappa shape index (κ2) is 4.85. The summed E-state index contributed by atoms with van der Waals surface area (Å²) in [5.41, 5.74) is -0.911. The Hall–Kier alpha value is -0.750. The summed E-state index contributed by atoms with van der Waals surface area (Å²) < 4.78 is 30.0. The summed E-state index contributed by atoms with van der Waals surface area (Å²) in [5, 5.41) is -1.01. The molecule has 0 atom stereocenters. The van der Waals surface area contributed by atoms with Crippen molar-refractivity contribution in [3.63, 3.8) is 0 Å². The standard InChI is InChI=1S/C8H5BrClF2NO2/c1-15-5-4(7(10)14)3(8(11)12)2-13-6(5)9/h2,8H,1H3. The van der Waals surface area contributed by atoms with E-state index in [9.17, 15) is 13.6 Å². The molecule has 0 bridgehead atoms. The molecule has 0 radical (unpaired) electrons. The van der Waals surface area contributed by atoms with Gasteiger partial charge in [-0.1, -0.05) is 0 Å². The predicted molar refractivity (Wildman–Crippen MR) is 53.6 cm³/mol. The first kappa shape index (κ1) is 12.3. The fourth-order valence-corrected chi connectivity index (χ4v) is 1.70. The molecule has 0 saturated carbocycles. The minimum Gasteiger partial charge on any atom is -0.493 e. The summed E-state index contributed by atoms with van der Waals surface area (Å²) in [6, 6.07) is 0. The third kappa shape index (κ3) is 2.43. The number of carbonyl (C=O) groups excluding carboxylic acids is 1. The lowest BCUT2D eigenvalue weighted by Crippen LogP contribution is -2.04. The van der Waals surface area contributed by atoms with E-state index in [-0.39, 0.29) is 15.9 Å². The van der Waals surface area contributed by atoms with Gasteiger partial charge in [-0.2, -0.15) is 0 Å². The Morgan fingerprint density at radius 3 is 2.67 bits per heavy atom. The lowest BCUT2D eigenvalue weighted by Gasteiger charge is -2.10. The summed E-state index contributed by atoms with van der Waals surface area (Å²) in [7, 11) is 1.24. The number of nitrogens with zero attached hydrogens (tertiary/aromatic N) is 1. The van der Waals surface area contributed by atoms with E-state index in [1.165, 1.54) is 7.11 Å². The maximum Gasteiger partial charge on any atom is 0.266 e. The number of methoxy groups -OCH3 is 1. The van der Waals surface area contributed by atoms with Gasteiger partial charge >= 0.3 is 0 Å². The average molecular weight is 300 g/mol. The van der Waals surface area contributed by atoms with Gasteiger partial charge in [0, 0.05) is 6.20 Å². The van der Waals surface area contributed by atoms with Crippen LogP contribution in [-0.2, 0) is 0 Å². The molecule has 0 spiro atoms. The van der Waals surface area contributed by atoms with Crippen LogP contribution in [0.2, 0.25) is 0 Å². The summed E-state index contributed by atoms with van der Waals surface area (Å²) in [4.78, 5) is 14.6. The summed E-state index contributed by atoms with van der Waals surface area (Å²) in [5.74, 6) is -0.0900. The van der Waals surface area contributed by atoms with Gasteiger partial charge in [-0.15, -0.1) is 0 Å². The smallest absolute Gasteiger partial charge is 0.266 e. The molecule has 7 heteroatoms. The Bertz CT molecular complexity index is 400. The first-order chi connectivity index (χ1) is 6.99. The molecule has 15 heavy (non-hydrogen) atoms. The van der Waals surface area contributed by atoms with Crippen molar-refractivity contribution in [1.82, 2.24) is 4.98 Å². The van der Waals surface area contributed by atoms with E-state index in [4.69, 9.17) is 16.3 Å². The molecule has 0 aliphatic heterocycles. The van der Waals surface area contributed by atoms with Gasteiger partial charge in [0.1, 0.15) is 4.60 Å². The maximum atomic E-state index is 12.5. The SMILES string of the molecule is COc1c(Br)ncc(C(F)F)c1C(=O)Cl. The molecule has 0 aliphatic carbocycles. The molecule has 1 aromatic rings. The van der Waals surface area contributed by atoms with Crippen molar-refractivity contribution < 1.29 is 18.3 Å². The first-order valence-electron chi connectivity index (χ1n) is 3.69. The number of carbonyl (C=O) groups is 1. The number of pyridine rings is 1. The van der Waals surface area contributed by atoms with Gasteiger partial charge in [0.2, 0.25) is 0 Å². The minimum atomic E-state index is -2.84. The van der Waals surface area contributed by atoms with Crippen molar-refractivity contribution >= 4 is 32.8 Å². The summed E-state index contributed by atoms with van der Waals surface area (Å²) in [6.45, 7) is 0. The number of rotatable bonds is 3. The van der Waals surface area contributed by atoms with Crippen LogP contribution in [0.3, 0.4) is 0 Å². The zero-order valence-electron chi connectivity index (χ0n) is 7.43. The fraction of sp³-hybridized carbons (Fsp3) is 0.250. The second-order valence-electron chi connectivity index (χ2n) is 2.49. The van der Waals surface area contributed by atoms with Crippen molar-refractivity contribution in [2.24, 2.45) is 0 Å². The summed E-state index contributed by atoms with van der Waals surface area (Å²) >= 11 is 8.17. The Kier molecular flexibility index (Phi) is 3.98. The quantitative estimate of drug-likeness (QED) is 0.636. The molecule has 82 valence electrons. The third-order valence-corrected chi connectivity index (χ3v) is 2.41. The van der Waals surface area contributed by atoms with Crippen LogP contribution < -0.4 is 4.74 Å². The largest absolute Gasteiger partial charge is 0.493 e. The minimum absolute atomic E-state index is 0.0900. The van der Waals surface area contributed by atoms with Crippen LogP contribution in [0.4, 0.5) is 8.78 Å². The Morgan fingerprint density at radius 1 is 1.67 bits per heavy atom. The molecule has 0 amide bonds. The van der Waals surface area contributed by atoms with Gasteiger partial charge in [-0.3, -0.25) is 4.79 Å². The third-order valence-electron chi connectivity index (χ3n) is 1.66. The highest BCUT2D eigenvalue weighted by atomic mass is 79.9. The van der Waals surface area contributed by atoms with Crippen LogP contribution in [0.15, 0.2) is 10.8 Å². The normalized spacial score (nSPS) is 10.5. The number of aromatic nitrogens is 1. The lowest BCUT2D eigenvalue weighted by molar-refractivity contribution is 0.106. The van der Waals surface area contributed by atoms with Gasteiger partial charge in [-0.05, 0) is 27.5 Å². The Morgan fingerprint density at radius 2 is 2.27 bits per heavy atom. The van der Waals surface area contributed by atoms with Crippen molar-refractivity contribution in [3.05, 3.63) is 21.9 Å². The van der Waals surface area contributed by atoms with Crippen LogP contribution in [0.1, 0.15) is 22.3 Å². The zero-order chi connectivity index (χ0) is 11.6. The van der Waals surface area contributed by atoms with Crippen molar-refractivity contribution in [1.29, 1.82) is 0 Å². The highest BCUT2D eigenvalue weighted by Crippen LogP contribution is 2.34. The number of alkyl halides is 2. The van der Waals surface area contributed by atoms with Crippen LogP contribution in [0.25, 0.3) is 0 Å². The van der Waals surface area contributed by atoms with E-state index in [0.717, 1.165) is 6.20 Å². The zero-order valence-corrected chi connectivity index (χ0v) is 9.77. The van der Waals surface area contributed by atoms with Crippen molar-refractivity contribution in [3.8, 4) is 5.75 Å². The molecule has 0 N–H and O–H groups in total. The topological polar surface area (TPSA) is 39.2 Å². The van der Waals surface area contributed by atoms with E-state index in [1.807, 2.05) is 0 Å². The monoisotopic (exact) mass is 299 g/mol. The molecule has 1 rings (SSSR count). The molecular formula is C8H5BrClF2NO2. The molecule has 0 aliphatic rings. The average Bonchev–Trinajstić information content (AvgIpc) is 2.16. The lowest BCUT2D eigenvalue weighted by atomic mass is 10.1. The van der Waals surface area contributed by atoms with E-state index < -0.39 is 17.2 Å². The Balaban J connectivity index is 3.49. The molecule has 0 saturated heterocycles. The van der Waals surface area contributed by atoms with Crippen molar-refractivity contribution in [2.75, 3.05) is 7.11 Å². The molecule has 0 unspecified atom stereocenters. The van der Waals surface area contributed by atoms with Gasteiger partial charge in [0.25, 0.3) is 11.7 Å². The first-order valence-corrected chi connectivity index (χ1v) is 4.86. The van der Waals surface area contributed by atoms with Gasteiger partial charge < -0.3 is 4.74 Å². The highest BCUT2D eigenvalue weighted by molar-refractivity contribution is 9.10. The van der Waals surface area contributed by atoms with Crippen LogP contribution in [-0.4, -0.2) is 17.3 Å². The van der Waals surface area contributed by atoms with Crippen LogP contribution in [0, 0.1) is 0 Å². The summed E-state index contributed by atoms with van der Waals surface area (Å²) in [6.07, 6.45) is -1.95. The fourth-order valence-electron chi connectivity index (χ4n) is 1.04. The molecule has 1 aromatic heterocycles. The van der Waals surface area contributed by atoms with E-state index in [2.05, 4.69) is 20.9 Å². The highest BCUT2D eigenvalue weighted by Gasteiger charge is 2.24. The van der Waals surface area contributed by atoms with Crippen molar-refractivity contribution in [2.45, 2.75) is 6.43 Å². The predicted octanol–water partition coefficient (Wildman–Crippen LogP) is 3.17. The second-order valence-corrected chi connectivity index (χ2v) is 3.58. The van der Waals surface area contributed by atoms with Gasteiger partial charge in [-0.25, -0.2) is 13.8 Å². The van der Waals surface area contributed by atoms with Crippen LogP contribution in [0.5, 0.6) is 5.75 Å². The van der Waals surface area contributed by atoms with E-state index >= 15 is 0 Å². The Labute approximate surface area is 97.5 Å². The van der Waals surface area contributed by atoms with E-state index in [1.54, 1.807) is 0 Å². The molecule has 3 nitrogen and oxygen atoms in total. The number of halogens is 4. The number of ether oxygens (including phenoxy) is 1. The number of hydrogen-bond donors (Lipinski definition) is 0. The van der Waals surface area contributed by atoms with Gasteiger partial charge in [0.15, 0.2) is 5.75 Å². The maximum absolute atomic E-state index is 12.5.